The topological polar surface area (TPSA) is 42.0 Å². The third kappa shape index (κ3) is 2.44. The molecule has 3 nitrogen and oxygen atoms in total. The van der Waals surface area contributed by atoms with E-state index in [0.29, 0.717) is 12.4 Å². The summed E-state index contributed by atoms with van der Waals surface area (Å²) in [6.07, 6.45) is 0.126. The van der Waals surface area contributed by atoms with Gasteiger partial charge in [0.1, 0.15) is 12.7 Å². The minimum Gasteiger partial charge on any atom is -0.504 e. The molecule has 4 heteroatoms. The van der Waals surface area contributed by atoms with Crippen LogP contribution in [0.1, 0.15) is 13.8 Å². The molecule has 0 spiro atoms. The van der Waals surface area contributed by atoms with Crippen LogP contribution in [0.4, 0.5) is 0 Å². The van der Waals surface area contributed by atoms with Gasteiger partial charge in [-0.15, -0.1) is 0 Å². The van der Waals surface area contributed by atoms with Crippen LogP contribution in [0.5, 0.6) is 11.5 Å². The summed E-state index contributed by atoms with van der Waals surface area (Å²) in [5, 5.41) is 9.56. The predicted octanol–water partition coefficient (Wildman–Crippen LogP) is 2.71. The molecule has 0 radical (unpaired) electrons. The van der Waals surface area contributed by atoms with Crippen LogP contribution in [0.3, 0.4) is 0 Å². The first-order valence-corrected chi connectivity index (χ1v) is 5.57. The Morgan fingerprint density at radius 1 is 1.53 bits per heavy atom. The summed E-state index contributed by atoms with van der Waals surface area (Å²) < 4.78 is 11.7. The molecule has 1 aromatic carbocycles. The van der Waals surface area contributed by atoms with Gasteiger partial charge < -0.3 is 14.6 Å². The van der Waals surface area contributed by atoms with E-state index in [1.54, 1.807) is 12.1 Å². The van der Waals surface area contributed by atoms with Gasteiger partial charge >= 0.3 is 0 Å². The Hall–Kier alpha value is -0.740. The molecule has 1 aromatic rings. The van der Waals surface area contributed by atoms with Crippen molar-refractivity contribution in [3.05, 3.63) is 22.7 Å². The van der Waals surface area contributed by atoms with Gasteiger partial charge in [-0.3, -0.25) is 0 Å². The Kier molecular flexibility index (Phi) is 2.64. The molecule has 1 aliphatic heterocycles. The van der Waals surface area contributed by atoms with Crippen LogP contribution in [0.2, 0.25) is 0 Å². The van der Waals surface area contributed by atoms with Crippen LogP contribution in [-0.4, -0.2) is 23.4 Å². The zero-order valence-electron chi connectivity index (χ0n) is 8.66. The molecule has 1 aliphatic rings. The number of epoxide rings is 1. The molecule has 1 N–H and O–H groups in total. The first-order chi connectivity index (χ1) is 6.99. The third-order valence-electron chi connectivity index (χ3n) is 2.48. The van der Waals surface area contributed by atoms with E-state index in [-0.39, 0.29) is 17.5 Å². The first-order valence-electron chi connectivity index (χ1n) is 4.78. The van der Waals surface area contributed by atoms with E-state index in [9.17, 15) is 5.11 Å². The van der Waals surface area contributed by atoms with Gasteiger partial charge in [0, 0.05) is 4.47 Å². The van der Waals surface area contributed by atoms with Gasteiger partial charge in [-0.1, -0.05) is 15.9 Å². The van der Waals surface area contributed by atoms with Crippen molar-refractivity contribution < 1.29 is 14.6 Å². The van der Waals surface area contributed by atoms with Crippen LogP contribution in [0, 0.1) is 0 Å². The molecule has 82 valence electrons. The smallest absolute Gasteiger partial charge is 0.161 e. The minimum absolute atomic E-state index is 0.0784. The van der Waals surface area contributed by atoms with Gasteiger partial charge in [-0.05, 0) is 32.0 Å². The lowest BCUT2D eigenvalue weighted by Crippen LogP contribution is -2.12. The molecule has 2 rings (SSSR count). The van der Waals surface area contributed by atoms with Crippen molar-refractivity contribution in [3.63, 3.8) is 0 Å². The molecule has 0 aliphatic carbocycles. The Bertz CT molecular complexity index is 376. The van der Waals surface area contributed by atoms with Crippen molar-refractivity contribution in [1.29, 1.82) is 0 Å². The molecule has 0 aromatic heterocycles. The second-order valence-corrected chi connectivity index (χ2v) is 5.05. The van der Waals surface area contributed by atoms with Crippen molar-refractivity contribution >= 4 is 15.9 Å². The lowest BCUT2D eigenvalue weighted by atomic mass is 10.1. The SMILES string of the molecule is CC1(C)O[C@H]1COc1ccc(Br)cc1O. The van der Waals surface area contributed by atoms with Gasteiger partial charge in [0.2, 0.25) is 0 Å². The number of ether oxygens (including phenoxy) is 2. The Labute approximate surface area is 97.1 Å². The number of phenols is 1. The fourth-order valence-corrected chi connectivity index (χ4v) is 1.69. The van der Waals surface area contributed by atoms with Crippen molar-refractivity contribution in [1.82, 2.24) is 0 Å². The summed E-state index contributed by atoms with van der Waals surface area (Å²) in [4.78, 5) is 0. The molecular formula is C11H13BrO3. The van der Waals surface area contributed by atoms with Gasteiger partial charge in [-0.2, -0.15) is 0 Å². The van der Waals surface area contributed by atoms with E-state index in [0.717, 1.165) is 4.47 Å². The van der Waals surface area contributed by atoms with Crippen LogP contribution in [0.25, 0.3) is 0 Å². The van der Waals surface area contributed by atoms with E-state index in [1.165, 1.54) is 0 Å². The highest BCUT2D eigenvalue weighted by Gasteiger charge is 2.48. The minimum atomic E-state index is -0.0784. The maximum atomic E-state index is 9.56. The van der Waals surface area contributed by atoms with Crippen LogP contribution in [-0.2, 0) is 4.74 Å². The second kappa shape index (κ2) is 3.68. The molecule has 1 atom stereocenters. The summed E-state index contributed by atoms with van der Waals surface area (Å²) >= 11 is 3.27. The van der Waals surface area contributed by atoms with E-state index >= 15 is 0 Å². The van der Waals surface area contributed by atoms with Crippen molar-refractivity contribution in [2.75, 3.05) is 6.61 Å². The molecule has 1 fully saturated rings. The van der Waals surface area contributed by atoms with Gasteiger partial charge in [-0.25, -0.2) is 0 Å². The molecule has 0 unspecified atom stereocenters. The maximum absolute atomic E-state index is 9.56. The lowest BCUT2D eigenvalue weighted by molar-refractivity contribution is 0.247. The van der Waals surface area contributed by atoms with Crippen LogP contribution >= 0.6 is 15.9 Å². The van der Waals surface area contributed by atoms with Gasteiger partial charge in [0.25, 0.3) is 0 Å². The number of phenolic OH excluding ortho intramolecular Hbond substituents is 1. The summed E-state index contributed by atoms with van der Waals surface area (Å²) in [6, 6.07) is 5.16. The van der Waals surface area contributed by atoms with Gasteiger partial charge in [0.05, 0.1) is 5.60 Å². The highest BCUT2D eigenvalue weighted by molar-refractivity contribution is 9.10. The van der Waals surface area contributed by atoms with Gasteiger partial charge in [0.15, 0.2) is 11.5 Å². The monoisotopic (exact) mass is 272 g/mol. The normalized spacial score (nSPS) is 22.5. The number of aromatic hydroxyl groups is 1. The molecular weight excluding hydrogens is 260 g/mol. The van der Waals surface area contributed by atoms with E-state index in [4.69, 9.17) is 9.47 Å². The molecule has 1 heterocycles. The van der Waals surface area contributed by atoms with Crippen LogP contribution in [0.15, 0.2) is 22.7 Å². The largest absolute Gasteiger partial charge is 0.504 e. The average molecular weight is 273 g/mol. The average Bonchev–Trinajstić information content (AvgIpc) is 2.73. The quantitative estimate of drug-likeness (QED) is 0.861. The maximum Gasteiger partial charge on any atom is 0.161 e. The number of hydrogen-bond donors (Lipinski definition) is 1. The number of hydrogen-bond acceptors (Lipinski definition) is 3. The molecule has 15 heavy (non-hydrogen) atoms. The summed E-state index contributed by atoms with van der Waals surface area (Å²) in [6.45, 7) is 4.51. The Morgan fingerprint density at radius 3 is 2.73 bits per heavy atom. The van der Waals surface area contributed by atoms with Crippen LogP contribution < -0.4 is 4.74 Å². The molecule has 0 bridgehead atoms. The standard InChI is InChI=1S/C11H13BrO3/c1-11(2)10(15-11)6-14-9-4-3-7(12)5-8(9)13/h3-5,10,13H,6H2,1-2H3/t10-/m0/s1. The Morgan fingerprint density at radius 2 is 2.20 bits per heavy atom. The predicted molar refractivity (Wildman–Crippen MR) is 60.3 cm³/mol. The molecule has 0 amide bonds. The lowest BCUT2D eigenvalue weighted by Gasteiger charge is -2.07. The second-order valence-electron chi connectivity index (χ2n) is 4.13. The summed E-state index contributed by atoms with van der Waals surface area (Å²) in [5.74, 6) is 0.632. The fraction of sp³-hybridized carbons (Fsp3) is 0.455. The zero-order chi connectivity index (χ0) is 11.1. The van der Waals surface area contributed by atoms with Crippen molar-refractivity contribution in [3.8, 4) is 11.5 Å². The van der Waals surface area contributed by atoms with Crippen molar-refractivity contribution in [2.24, 2.45) is 0 Å². The fourth-order valence-electron chi connectivity index (χ4n) is 1.35. The number of rotatable bonds is 3. The van der Waals surface area contributed by atoms with E-state index in [2.05, 4.69) is 15.9 Å². The van der Waals surface area contributed by atoms with E-state index in [1.807, 2.05) is 19.9 Å². The summed E-state index contributed by atoms with van der Waals surface area (Å²) in [7, 11) is 0. The highest BCUT2D eigenvalue weighted by atomic mass is 79.9. The zero-order valence-corrected chi connectivity index (χ0v) is 10.2. The summed E-state index contributed by atoms with van der Waals surface area (Å²) in [5.41, 5.74) is -0.0784. The number of halogens is 1. The Balaban J connectivity index is 1.94. The van der Waals surface area contributed by atoms with E-state index < -0.39 is 0 Å². The molecule has 0 saturated carbocycles. The molecule has 1 saturated heterocycles. The highest BCUT2D eigenvalue weighted by Crippen LogP contribution is 2.36. The van der Waals surface area contributed by atoms with Crippen molar-refractivity contribution in [2.45, 2.75) is 25.6 Å². The first kappa shape index (κ1) is 10.8. The number of benzene rings is 1. The third-order valence-corrected chi connectivity index (χ3v) is 2.97.